The van der Waals surface area contributed by atoms with Crippen molar-refractivity contribution in [1.82, 2.24) is 0 Å². The summed E-state index contributed by atoms with van der Waals surface area (Å²) in [5, 5.41) is 12.5. The normalized spacial score (nSPS) is 15.0. The Morgan fingerprint density at radius 3 is 2.11 bits per heavy atom. The number of hydrogen-bond donors (Lipinski definition) is 3. The first-order valence-corrected chi connectivity index (χ1v) is 11.7. The fourth-order valence-corrected chi connectivity index (χ4v) is 4.89. The van der Waals surface area contributed by atoms with E-state index in [1.54, 1.807) is 31.4 Å². The molecule has 3 aromatic carbocycles. The molecule has 0 spiro atoms. The van der Waals surface area contributed by atoms with Gasteiger partial charge in [0, 0.05) is 55.2 Å². The van der Waals surface area contributed by atoms with E-state index in [-0.39, 0.29) is 35.8 Å². The zero-order valence-corrected chi connectivity index (χ0v) is 19.6. The van der Waals surface area contributed by atoms with Crippen molar-refractivity contribution in [2.75, 3.05) is 67.3 Å². The van der Waals surface area contributed by atoms with Gasteiger partial charge in [0.1, 0.15) is 5.75 Å². The van der Waals surface area contributed by atoms with E-state index in [1.165, 1.54) is 0 Å². The maximum Gasteiger partial charge on any atom is 0.196 e. The molecule has 35 heavy (non-hydrogen) atoms. The van der Waals surface area contributed by atoms with Gasteiger partial charge in [-0.1, -0.05) is 24.3 Å². The summed E-state index contributed by atoms with van der Waals surface area (Å²) in [5.74, 6) is 0.328. The van der Waals surface area contributed by atoms with Gasteiger partial charge in [-0.15, -0.1) is 0 Å². The minimum atomic E-state index is -0.251. The van der Waals surface area contributed by atoms with Gasteiger partial charge in [-0.2, -0.15) is 0 Å². The minimum Gasteiger partial charge on any atom is -0.497 e. The smallest absolute Gasteiger partial charge is 0.196 e. The van der Waals surface area contributed by atoms with Crippen LogP contribution in [0.15, 0.2) is 54.6 Å². The van der Waals surface area contributed by atoms with Gasteiger partial charge in [-0.05, 0) is 30.3 Å². The Morgan fingerprint density at radius 1 is 0.914 bits per heavy atom. The number of nitrogens with two attached hydrogens (primary N) is 1. The Kier molecular flexibility index (Phi) is 6.05. The SMILES string of the molecule is COc1ccc(N2CCN(c3cc(NCCO)c4c(c3N)C(=O)c3ccccc3C4=O)CC2)cc1. The number of aliphatic hydroxyl groups is 1. The van der Waals surface area contributed by atoms with Crippen LogP contribution < -0.4 is 25.6 Å². The summed E-state index contributed by atoms with van der Waals surface area (Å²) in [7, 11) is 1.65. The summed E-state index contributed by atoms with van der Waals surface area (Å²) in [4.78, 5) is 31.3. The van der Waals surface area contributed by atoms with Crippen LogP contribution in [-0.2, 0) is 0 Å². The number of nitrogens with one attached hydrogen (secondary N) is 1. The molecule has 0 atom stereocenters. The summed E-state index contributed by atoms with van der Waals surface area (Å²) in [6.45, 7) is 3.11. The molecule has 0 radical (unpaired) electrons. The van der Waals surface area contributed by atoms with Crippen LogP contribution in [0.2, 0.25) is 0 Å². The van der Waals surface area contributed by atoms with Gasteiger partial charge < -0.3 is 30.7 Å². The highest BCUT2D eigenvalue weighted by atomic mass is 16.5. The Labute approximate surface area is 203 Å². The number of ketones is 2. The van der Waals surface area contributed by atoms with Crippen molar-refractivity contribution in [2.45, 2.75) is 0 Å². The third-order valence-electron chi connectivity index (χ3n) is 6.70. The summed E-state index contributed by atoms with van der Waals surface area (Å²) in [6.07, 6.45) is 0. The third-order valence-corrected chi connectivity index (χ3v) is 6.70. The molecule has 0 amide bonds. The maximum atomic E-state index is 13.5. The van der Waals surface area contributed by atoms with Gasteiger partial charge in [-0.3, -0.25) is 9.59 Å². The van der Waals surface area contributed by atoms with E-state index in [1.807, 2.05) is 30.3 Å². The molecule has 8 nitrogen and oxygen atoms in total. The number of ether oxygens (including phenoxy) is 1. The number of nitrogen functional groups attached to an aromatic ring is 1. The van der Waals surface area contributed by atoms with Crippen LogP contribution in [0.25, 0.3) is 0 Å². The molecule has 0 bridgehead atoms. The Morgan fingerprint density at radius 2 is 1.51 bits per heavy atom. The van der Waals surface area contributed by atoms with Crippen LogP contribution in [0.5, 0.6) is 5.75 Å². The first kappa shape index (κ1) is 22.7. The van der Waals surface area contributed by atoms with Gasteiger partial charge >= 0.3 is 0 Å². The molecule has 1 saturated heterocycles. The van der Waals surface area contributed by atoms with Crippen LogP contribution in [0.4, 0.5) is 22.7 Å². The highest BCUT2D eigenvalue weighted by Gasteiger charge is 2.35. The Hall–Kier alpha value is -4.04. The van der Waals surface area contributed by atoms with Crippen LogP contribution in [-0.4, -0.2) is 63.1 Å². The predicted octanol–water partition coefficient (Wildman–Crippen LogP) is 2.78. The van der Waals surface area contributed by atoms with Gasteiger partial charge in [0.15, 0.2) is 11.6 Å². The molecule has 1 fully saturated rings. The van der Waals surface area contributed by atoms with E-state index in [2.05, 4.69) is 15.1 Å². The van der Waals surface area contributed by atoms with E-state index >= 15 is 0 Å². The topological polar surface area (TPSA) is 108 Å². The monoisotopic (exact) mass is 472 g/mol. The number of methoxy groups -OCH3 is 1. The van der Waals surface area contributed by atoms with Gasteiger partial charge in [-0.25, -0.2) is 0 Å². The molecule has 3 aromatic rings. The van der Waals surface area contributed by atoms with Crippen molar-refractivity contribution < 1.29 is 19.4 Å². The number of nitrogens with zero attached hydrogens (tertiary/aromatic N) is 2. The zero-order chi connectivity index (χ0) is 24.5. The second-order valence-corrected chi connectivity index (χ2v) is 8.63. The van der Waals surface area contributed by atoms with Crippen molar-refractivity contribution in [3.05, 3.63) is 76.9 Å². The van der Waals surface area contributed by atoms with Gasteiger partial charge in [0.25, 0.3) is 0 Å². The molecule has 2 aliphatic rings. The van der Waals surface area contributed by atoms with E-state index in [0.29, 0.717) is 35.6 Å². The average molecular weight is 473 g/mol. The number of carbonyl (C=O) groups excluding carboxylic acids is 2. The summed E-state index contributed by atoms with van der Waals surface area (Å²) in [6, 6.07) is 16.6. The molecule has 1 aliphatic carbocycles. The molecule has 8 heteroatoms. The third kappa shape index (κ3) is 3.95. The van der Waals surface area contributed by atoms with Crippen molar-refractivity contribution in [1.29, 1.82) is 0 Å². The fourth-order valence-electron chi connectivity index (χ4n) is 4.89. The lowest BCUT2D eigenvalue weighted by molar-refractivity contribution is 0.0980. The average Bonchev–Trinajstić information content (AvgIpc) is 2.91. The van der Waals surface area contributed by atoms with Crippen LogP contribution in [0.1, 0.15) is 31.8 Å². The number of benzene rings is 3. The minimum absolute atomic E-state index is 0.103. The standard InChI is InChI=1S/C27H28N4O4/c1-35-18-8-6-17(7-9-18)30-11-13-31(14-12-30)22-16-21(29-10-15-32)23-24(25(22)28)27(34)20-5-3-2-4-19(20)26(23)33/h2-9,16,29,32H,10-15,28H2,1H3. The van der Waals surface area contributed by atoms with E-state index in [0.717, 1.165) is 30.2 Å². The van der Waals surface area contributed by atoms with Crippen LogP contribution in [0, 0.1) is 0 Å². The molecular formula is C27H28N4O4. The van der Waals surface area contributed by atoms with Gasteiger partial charge in [0.2, 0.25) is 0 Å². The number of aliphatic hydroxyl groups excluding tert-OH is 1. The number of carbonyl (C=O) groups is 2. The van der Waals surface area contributed by atoms with Crippen molar-refractivity contribution >= 4 is 34.3 Å². The van der Waals surface area contributed by atoms with E-state index in [4.69, 9.17) is 10.5 Å². The zero-order valence-electron chi connectivity index (χ0n) is 19.6. The molecule has 0 aromatic heterocycles. The molecule has 1 heterocycles. The molecule has 180 valence electrons. The number of anilines is 4. The lowest BCUT2D eigenvalue weighted by Crippen LogP contribution is -2.47. The van der Waals surface area contributed by atoms with Crippen LogP contribution in [0.3, 0.4) is 0 Å². The summed E-state index contributed by atoms with van der Waals surface area (Å²) < 4.78 is 5.25. The van der Waals surface area contributed by atoms with E-state index in [9.17, 15) is 14.7 Å². The second-order valence-electron chi connectivity index (χ2n) is 8.63. The maximum absolute atomic E-state index is 13.5. The van der Waals surface area contributed by atoms with Gasteiger partial charge in [0.05, 0.1) is 36.2 Å². The molecule has 0 saturated carbocycles. The van der Waals surface area contributed by atoms with Crippen molar-refractivity contribution in [2.24, 2.45) is 0 Å². The second kappa shape index (κ2) is 9.31. The van der Waals surface area contributed by atoms with Crippen LogP contribution >= 0.6 is 0 Å². The Bertz CT molecular complexity index is 1280. The number of fused-ring (bicyclic) bond motifs is 2. The first-order chi connectivity index (χ1) is 17.0. The fraction of sp³-hybridized carbons (Fsp3) is 0.259. The Balaban J connectivity index is 1.48. The molecule has 5 rings (SSSR count). The number of hydrogen-bond acceptors (Lipinski definition) is 8. The van der Waals surface area contributed by atoms with Crippen molar-refractivity contribution in [3.63, 3.8) is 0 Å². The molecule has 1 aliphatic heterocycles. The van der Waals surface area contributed by atoms with E-state index < -0.39 is 0 Å². The molecular weight excluding hydrogens is 444 g/mol. The summed E-state index contributed by atoms with van der Waals surface area (Å²) in [5.41, 5.74) is 10.5. The highest BCUT2D eigenvalue weighted by Crippen LogP contribution is 2.41. The lowest BCUT2D eigenvalue weighted by Gasteiger charge is -2.38. The first-order valence-electron chi connectivity index (χ1n) is 11.7. The highest BCUT2D eigenvalue weighted by molar-refractivity contribution is 6.32. The largest absolute Gasteiger partial charge is 0.497 e. The predicted molar refractivity (Wildman–Crippen MR) is 137 cm³/mol. The lowest BCUT2D eigenvalue weighted by atomic mass is 9.81. The number of piperazine rings is 1. The van der Waals surface area contributed by atoms with Crippen molar-refractivity contribution in [3.8, 4) is 5.75 Å². The molecule has 4 N–H and O–H groups in total. The molecule has 0 unspecified atom stereocenters. The quantitative estimate of drug-likeness (QED) is 0.368. The summed E-state index contributed by atoms with van der Waals surface area (Å²) >= 11 is 0. The number of rotatable bonds is 6.